The number of nitrogens with one attached hydrogen (secondary N) is 2. The third-order valence-corrected chi connectivity index (χ3v) is 4.96. The zero-order valence-corrected chi connectivity index (χ0v) is 17.2. The summed E-state index contributed by atoms with van der Waals surface area (Å²) in [6.07, 6.45) is 2.71. The van der Waals surface area contributed by atoms with Crippen molar-refractivity contribution in [2.75, 3.05) is 39.3 Å². The normalized spacial score (nSPS) is 16.8. The van der Waals surface area contributed by atoms with Crippen LogP contribution in [0.25, 0.3) is 0 Å². The van der Waals surface area contributed by atoms with Crippen molar-refractivity contribution < 1.29 is 9.47 Å². The van der Waals surface area contributed by atoms with Crippen LogP contribution in [0.15, 0.2) is 41.5 Å². The second kappa shape index (κ2) is 9.50. The number of nitrogens with zero attached hydrogens (tertiary/aromatic N) is 3. The molecule has 8 heteroatoms. The highest BCUT2D eigenvalue weighted by molar-refractivity contribution is 6.30. The predicted octanol–water partition coefficient (Wildman–Crippen LogP) is 2.70. The van der Waals surface area contributed by atoms with Crippen molar-refractivity contribution in [3.8, 4) is 11.6 Å². The van der Waals surface area contributed by atoms with E-state index in [0.29, 0.717) is 17.4 Å². The summed E-state index contributed by atoms with van der Waals surface area (Å²) in [7, 11) is 5.07. The molecule has 0 amide bonds. The Morgan fingerprint density at radius 3 is 2.93 bits per heavy atom. The van der Waals surface area contributed by atoms with Gasteiger partial charge in [-0.1, -0.05) is 17.7 Å². The van der Waals surface area contributed by atoms with Gasteiger partial charge in [-0.05, 0) is 30.7 Å². The zero-order chi connectivity index (χ0) is 19.9. The molecule has 3 rings (SSSR count). The lowest BCUT2D eigenvalue weighted by atomic mass is 10.2. The van der Waals surface area contributed by atoms with Crippen LogP contribution in [0.5, 0.6) is 11.6 Å². The maximum Gasteiger partial charge on any atom is 0.218 e. The quantitative estimate of drug-likeness (QED) is 0.570. The first-order valence-electron chi connectivity index (χ1n) is 9.18. The van der Waals surface area contributed by atoms with Crippen LogP contribution in [0.1, 0.15) is 12.0 Å². The van der Waals surface area contributed by atoms with Crippen LogP contribution in [0.3, 0.4) is 0 Å². The second-order valence-electron chi connectivity index (χ2n) is 6.49. The van der Waals surface area contributed by atoms with Crippen molar-refractivity contribution in [3.05, 3.63) is 47.1 Å². The number of hydrogen-bond donors (Lipinski definition) is 2. The number of hydrogen-bond acceptors (Lipinski definition) is 5. The fourth-order valence-electron chi connectivity index (χ4n) is 3.32. The fraction of sp³-hybridized carbons (Fsp3) is 0.400. The number of methoxy groups -OCH3 is 2. The van der Waals surface area contributed by atoms with E-state index in [2.05, 4.69) is 25.5 Å². The van der Waals surface area contributed by atoms with Gasteiger partial charge in [0.2, 0.25) is 5.88 Å². The fourth-order valence-corrected chi connectivity index (χ4v) is 3.48. The molecular weight excluding hydrogens is 378 g/mol. The second-order valence-corrected chi connectivity index (χ2v) is 6.93. The predicted molar refractivity (Wildman–Crippen MR) is 113 cm³/mol. The van der Waals surface area contributed by atoms with Gasteiger partial charge in [0, 0.05) is 49.5 Å². The number of benzene rings is 1. The molecule has 0 spiro atoms. The van der Waals surface area contributed by atoms with Crippen LogP contribution in [0.4, 0.5) is 5.69 Å². The first kappa shape index (κ1) is 20.1. The number of anilines is 1. The lowest BCUT2D eigenvalue weighted by molar-refractivity contribution is 0.392. The molecule has 0 saturated carbocycles. The summed E-state index contributed by atoms with van der Waals surface area (Å²) in [5, 5.41) is 7.52. The molecule has 1 aromatic heterocycles. The highest BCUT2D eigenvalue weighted by atomic mass is 35.5. The van der Waals surface area contributed by atoms with Crippen molar-refractivity contribution in [1.82, 2.24) is 15.6 Å². The number of ether oxygens (including phenoxy) is 2. The van der Waals surface area contributed by atoms with Crippen LogP contribution in [-0.2, 0) is 6.54 Å². The molecule has 0 bridgehead atoms. The van der Waals surface area contributed by atoms with Gasteiger partial charge < -0.3 is 25.0 Å². The molecule has 1 atom stereocenters. The summed E-state index contributed by atoms with van der Waals surface area (Å²) in [5.74, 6) is 2.19. The molecular formula is C20H26ClN5O2. The molecule has 1 aliphatic heterocycles. The Morgan fingerprint density at radius 1 is 1.32 bits per heavy atom. The van der Waals surface area contributed by atoms with Gasteiger partial charge in [0.1, 0.15) is 5.75 Å². The van der Waals surface area contributed by atoms with Gasteiger partial charge in [-0.2, -0.15) is 0 Å². The standard InChI is InChI=1S/C20H26ClN5O2/c1-22-20(24-12-14-5-4-9-23-19(14)28-3)25-16-8-10-26(13-16)17-11-15(21)6-7-18(17)27-2/h4-7,9,11,16H,8,10,12-13H2,1-3H3,(H2,22,24,25). The minimum Gasteiger partial charge on any atom is -0.495 e. The van der Waals surface area contributed by atoms with Gasteiger partial charge in [0.05, 0.1) is 19.9 Å². The van der Waals surface area contributed by atoms with Crippen molar-refractivity contribution in [2.45, 2.75) is 19.0 Å². The maximum atomic E-state index is 6.18. The van der Waals surface area contributed by atoms with E-state index in [-0.39, 0.29) is 6.04 Å². The monoisotopic (exact) mass is 403 g/mol. The third-order valence-electron chi connectivity index (χ3n) is 4.72. The van der Waals surface area contributed by atoms with Gasteiger partial charge in [-0.25, -0.2) is 4.98 Å². The lowest BCUT2D eigenvalue weighted by Gasteiger charge is -2.22. The Balaban J connectivity index is 1.59. The van der Waals surface area contributed by atoms with Gasteiger partial charge in [-0.3, -0.25) is 4.99 Å². The highest BCUT2D eigenvalue weighted by Crippen LogP contribution is 2.33. The molecule has 0 radical (unpaired) electrons. The summed E-state index contributed by atoms with van der Waals surface area (Å²) in [6.45, 7) is 2.34. The molecule has 0 aliphatic carbocycles. The number of aromatic nitrogens is 1. The molecule has 1 aromatic carbocycles. The SMILES string of the molecule is CN=C(NCc1cccnc1OC)NC1CCN(c2cc(Cl)ccc2OC)C1. The van der Waals surface area contributed by atoms with E-state index in [1.807, 2.05) is 30.3 Å². The van der Waals surface area contributed by atoms with Crippen LogP contribution in [0, 0.1) is 0 Å². The smallest absolute Gasteiger partial charge is 0.218 e. The Morgan fingerprint density at radius 2 is 2.18 bits per heavy atom. The van der Waals surface area contributed by atoms with E-state index in [1.54, 1.807) is 27.5 Å². The largest absolute Gasteiger partial charge is 0.495 e. The van der Waals surface area contributed by atoms with Crippen molar-refractivity contribution in [2.24, 2.45) is 4.99 Å². The van der Waals surface area contributed by atoms with Gasteiger partial charge in [0.15, 0.2) is 5.96 Å². The minimum atomic E-state index is 0.269. The highest BCUT2D eigenvalue weighted by Gasteiger charge is 2.25. The zero-order valence-electron chi connectivity index (χ0n) is 16.4. The number of rotatable bonds is 6. The molecule has 7 nitrogen and oxygen atoms in total. The van der Waals surface area contributed by atoms with Crippen molar-refractivity contribution in [3.63, 3.8) is 0 Å². The van der Waals surface area contributed by atoms with E-state index in [1.165, 1.54) is 0 Å². The van der Waals surface area contributed by atoms with Crippen LogP contribution in [-0.4, -0.2) is 51.3 Å². The number of guanidine groups is 1. The molecule has 28 heavy (non-hydrogen) atoms. The lowest BCUT2D eigenvalue weighted by Crippen LogP contribution is -2.44. The summed E-state index contributed by atoms with van der Waals surface area (Å²) in [5.41, 5.74) is 1.99. The minimum absolute atomic E-state index is 0.269. The molecule has 2 aromatic rings. The van der Waals surface area contributed by atoms with Gasteiger partial charge in [-0.15, -0.1) is 0 Å². The van der Waals surface area contributed by atoms with Crippen LogP contribution in [0.2, 0.25) is 5.02 Å². The number of aliphatic imine (C=N–C) groups is 1. The topological polar surface area (TPSA) is 71.0 Å². The average molecular weight is 404 g/mol. The van der Waals surface area contributed by atoms with E-state index >= 15 is 0 Å². The summed E-state index contributed by atoms with van der Waals surface area (Å²) >= 11 is 6.18. The third kappa shape index (κ3) is 4.78. The molecule has 2 heterocycles. The number of pyridine rings is 1. The summed E-state index contributed by atoms with van der Waals surface area (Å²) < 4.78 is 10.8. The Kier molecular flexibility index (Phi) is 6.81. The summed E-state index contributed by atoms with van der Waals surface area (Å²) in [6, 6.07) is 9.84. The Bertz CT molecular complexity index is 830. The first-order valence-corrected chi connectivity index (χ1v) is 9.56. The summed E-state index contributed by atoms with van der Waals surface area (Å²) in [4.78, 5) is 10.8. The van der Waals surface area contributed by atoms with E-state index in [4.69, 9.17) is 21.1 Å². The Hall–Kier alpha value is -2.67. The van der Waals surface area contributed by atoms with Gasteiger partial charge >= 0.3 is 0 Å². The van der Waals surface area contributed by atoms with E-state index < -0.39 is 0 Å². The molecule has 1 saturated heterocycles. The average Bonchev–Trinajstić information content (AvgIpc) is 3.19. The van der Waals surface area contributed by atoms with E-state index in [0.717, 1.165) is 42.5 Å². The molecule has 1 fully saturated rings. The molecule has 2 N–H and O–H groups in total. The first-order chi connectivity index (χ1) is 13.6. The van der Waals surface area contributed by atoms with Crippen LogP contribution < -0.4 is 25.0 Å². The maximum absolute atomic E-state index is 6.18. The van der Waals surface area contributed by atoms with Crippen LogP contribution >= 0.6 is 11.6 Å². The van der Waals surface area contributed by atoms with Gasteiger partial charge in [0.25, 0.3) is 0 Å². The Labute approximate surface area is 170 Å². The van der Waals surface area contributed by atoms with Crippen molar-refractivity contribution >= 4 is 23.2 Å². The number of halogens is 1. The van der Waals surface area contributed by atoms with E-state index in [9.17, 15) is 0 Å². The van der Waals surface area contributed by atoms with Crippen molar-refractivity contribution in [1.29, 1.82) is 0 Å². The molecule has 1 unspecified atom stereocenters. The molecule has 150 valence electrons. The molecule has 1 aliphatic rings.